The SMILES string of the molecule is CCC(C)CCCN1CCC(C)(F)CC1. The van der Waals surface area contributed by atoms with E-state index in [1.807, 2.05) is 0 Å². The number of rotatable bonds is 5. The predicted molar refractivity (Wildman–Crippen MR) is 63.9 cm³/mol. The molecular formula is C13H26FN. The van der Waals surface area contributed by atoms with E-state index in [0.29, 0.717) is 0 Å². The second kappa shape index (κ2) is 5.83. The van der Waals surface area contributed by atoms with Crippen molar-refractivity contribution in [2.45, 2.75) is 58.5 Å². The minimum atomic E-state index is -0.896. The van der Waals surface area contributed by atoms with Crippen molar-refractivity contribution in [3.05, 3.63) is 0 Å². The average Bonchev–Trinajstić information content (AvgIpc) is 2.20. The van der Waals surface area contributed by atoms with Gasteiger partial charge in [-0.05, 0) is 45.1 Å². The lowest BCUT2D eigenvalue weighted by Crippen LogP contribution is -2.40. The van der Waals surface area contributed by atoms with Gasteiger partial charge in [0.25, 0.3) is 0 Å². The molecule has 1 aliphatic rings. The van der Waals surface area contributed by atoms with Crippen molar-refractivity contribution in [1.82, 2.24) is 4.90 Å². The van der Waals surface area contributed by atoms with E-state index in [1.54, 1.807) is 6.92 Å². The van der Waals surface area contributed by atoms with E-state index >= 15 is 0 Å². The molecule has 1 fully saturated rings. The summed E-state index contributed by atoms with van der Waals surface area (Å²) < 4.78 is 13.5. The Morgan fingerprint density at radius 2 is 1.93 bits per heavy atom. The summed E-state index contributed by atoms with van der Waals surface area (Å²) in [6.45, 7) is 9.37. The van der Waals surface area contributed by atoms with Gasteiger partial charge in [0.2, 0.25) is 0 Å². The molecule has 15 heavy (non-hydrogen) atoms. The second-order valence-electron chi connectivity index (χ2n) is 5.41. The van der Waals surface area contributed by atoms with Gasteiger partial charge >= 0.3 is 0 Å². The summed E-state index contributed by atoms with van der Waals surface area (Å²) in [6.07, 6.45) is 5.31. The van der Waals surface area contributed by atoms with Crippen molar-refractivity contribution in [2.75, 3.05) is 19.6 Å². The van der Waals surface area contributed by atoms with Gasteiger partial charge in [-0.25, -0.2) is 4.39 Å². The Hall–Kier alpha value is -0.110. The average molecular weight is 215 g/mol. The van der Waals surface area contributed by atoms with Crippen molar-refractivity contribution in [3.63, 3.8) is 0 Å². The standard InChI is InChI=1S/C13H26FN/c1-4-12(2)6-5-9-15-10-7-13(3,14)8-11-15/h12H,4-11H2,1-3H3. The smallest absolute Gasteiger partial charge is 0.110 e. The summed E-state index contributed by atoms with van der Waals surface area (Å²) in [5.41, 5.74) is -0.896. The molecule has 0 radical (unpaired) electrons. The van der Waals surface area contributed by atoms with Crippen LogP contribution in [0.2, 0.25) is 0 Å². The Morgan fingerprint density at radius 3 is 2.47 bits per heavy atom. The molecule has 1 unspecified atom stereocenters. The number of hydrogen-bond acceptors (Lipinski definition) is 1. The number of likely N-dealkylation sites (tertiary alicyclic amines) is 1. The molecule has 0 N–H and O–H groups in total. The first-order valence-corrected chi connectivity index (χ1v) is 6.45. The molecule has 1 rings (SSSR count). The van der Waals surface area contributed by atoms with E-state index in [0.717, 1.165) is 31.8 Å². The van der Waals surface area contributed by atoms with Crippen LogP contribution in [0.5, 0.6) is 0 Å². The first kappa shape index (κ1) is 13.0. The number of piperidine rings is 1. The Bertz CT molecular complexity index is 169. The number of alkyl halides is 1. The highest BCUT2D eigenvalue weighted by Gasteiger charge is 2.28. The van der Waals surface area contributed by atoms with Crippen LogP contribution in [-0.4, -0.2) is 30.2 Å². The second-order valence-corrected chi connectivity index (χ2v) is 5.41. The lowest BCUT2D eigenvalue weighted by molar-refractivity contribution is 0.0728. The minimum Gasteiger partial charge on any atom is -0.303 e. The normalized spacial score (nSPS) is 24.0. The molecular weight excluding hydrogens is 189 g/mol. The fourth-order valence-electron chi connectivity index (χ4n) is 2.11. The van der Waals surface area contributed by atoms with Crippen molar-refractivity contribution >= 4 is 0 Å². The zero-order valence-corrected chi connectivity index (χ0v) is 10.6. The topological polar surface area (TPSA) is 3.24 Å². The van der Waals surface area contributed by atoms with Crippen LogP contribution in [0.4, 0.5) is 4.39 Å². The summed E-state index contributed by atoms with van der Waals surface area (Å²) in [4.78, 5) is 2.42. The first-order chi connectivity index (χ1) is 7.03. The quantitative estimate of drug-likeness (QED) is 0.677. The molecule has 0 aromatic carbocycles. The summed E-state index contributed by atoms with van der Waals surface area (Å²) in [7, 11) is 0. The van der Waals surface area contributed by atoms with Gasteiger partial charge in [0.05, 0.1) is 0 Å². The van der Waals surface area contributed by atoms with Gasteiger partial charge in [-0.1, -0.05) is 20.3 Å². The molecule has 0 bridgehead atoms. The molecule has 90 valence electrons. The molecule has 1 aliphatic heterocycles. The van der Waals surface area contributed by atoms with Crippen molar-refractivity contribution < 1.29 is 4.39 Å². The Kier molecular flexibility index (Phi) is 5.04. The minimum absolute atomic E-state index is 0.719. The van der Waals surface area contributed by atoms with Crippen LogP contribution < -0.4 is 0 Å². The van der Waals surface area contributed by atoms with Gasteiger partial charge in [0, 0.05) is 13.1 Å². The van der Waals surface area contributed by atoms with Crippen LogP contribution in [-0.2, 0) is 0 Å². The largest absolute Gasteiger partial charge is 0.303 e. The molecule has 1 atom stereocenters. The van der Waals surface area contributed by atoms with E-state index in [2.05, 4.69) is 18.7 Å². The summed E-state index contributed by atoms with van der Waals surface area (Å²) in [5, 5.41) is 0. The zero-order valence-electron chi connectivity index (χ0n) is 10.6. The molecule has 0 aromatic heterocycles. The Morgan fingerprint density at radius 1 is 1.33 bits per heavy atom. The molecule has 0 aromatic rings. The van der Waals surface area contributed by atoms with Crippen LogP contribution in [0.3, 0.4) is 0 Å². The van der Waals surface area contributed by atoms with Crippen LogP contribution in [0.25, 0.3) is 0 Å². The molecule has 1 nitrogen and oxygen atoms in total. The maximum atomic E-state index is 13.5. The van der Waals surface area contributed by atoms with Crippen molar-refractivity contribution in [1.29, 1.82) is 0 Å². The third kappa shape index (κ3) is 4.96. The summed E-state index contributed by atoms with van der Waals surface area (Å²) in [5.74, 6) is 0.848. The fourth-order valence-corrected chi connectivity index (χ4v) is 2.11. The van der Waals surface area contributed by atoms with E-state index in [-0.39, 0.29) is 0 Å². The maximum absolute atomic E-state index is 13.5. The van der Waals surface area contributed by atoms with Crippen LogP contribution >= 0.6 is 0 Å². The molecule has 1 saturated heterocycles. The van der Waals surface area contributed by atoms with Gasteiger partial charge < -0.3 is 4.90 Å². The molecule has 0 aliphatic carbocycles. The van der Waals surface area contributed by atoms with Gasteiger partial charge in [-0.2, -0.15) is 0 Å². The highest BCUT2D eigenvalue weighted by atomic mass is 19.1. The summed E-state index contributed by atoms with van der Waals surface area (Å²) in [6, 6.07) is 0. The summed E-state index contributed by atoms with van der Waals surface area (Å²) >= 11 is 0. The molecule has 0 saturated carbocycles. The number of nitrogens with zero attached hydrogens (tertiary/aromatic N) is 1. The van der Waals surface area contributed by atoms with Gasteiger partial charge in [-0.15, -0.1) is 0 Å². The van der Waals surface area contributed by atoms with Crippen LogP contribution in [0.1, 0.15) is 52.9 Å². The van der Waals surface area contributed by atoms with Crippen LogP contribution in [0.15, 0.2) is 0 Å². The lowest BCUT2D eigenvalue weighted by Gasteiger charge is -2.34. The Labute approximate surface area is 94.0 Å². The van der Waals surface area contributed by atoms with Crippen molar-refractivity contribution in [3.8, 4) is 0 Å². The van der Waals surface area contributed by atoms with E-state index in [1.165, 1.54) is 25.8 Å². The fraction of sp³-hybridized carbons (Fsp3) is 1.00. The van der Waals surface area contributed by atoms with Gasteiger partial charge in [-0.3, -0.25) is 0 Å². The van der Waals surface area contributed by atoms with E-state index in [9.17, 15) is 4.39 Å². The van der Waals surface area contributed by atoms with Gasteiger partial charge in [0.15, 0.2) is 0 Å². The number of hydrogen-bond donors (Lipinski definition) is 0. The van der Waals surface area contributed by atoms with Crippen LogP contribution in [0, 0.1) is 5.92 Å². The first-order valence-electron chi connectivity index (χ1n) is 6.45. The molecule has 0 amide bonds. The highest BCUT2D eigenvalue weighted by molar-refractivity contribution is 4.81. The van der Waals surface area contributed by atoms with E-state index in [4.69, 9.17) is 0 Å². The number of halogens is 1. The predicted octanol–water partition coefficient (Wildman–Crippen LogP) is 3.64. The molecule has 1 heterocycles. The third-order valence-corrected chi connectivity index (χ3v) is 3.77. The molecule has 2 heteroatoms. The van der Waals surface area contributed by atoms with Crippen molar-refractivity contribution in [2.24, 2.45) is 5.92 Å². The third-order valence-electron chi connectivity index (χ3n) is 3.77. The Balaban J connectivity index is 2.09. The van der Waals surface area contributed by atoms with Gasteiger partial charge in [0.1, 0.15) is 5.67 Å². The maximum Gasteiger partial charge on any atom is 0.110 e. The highest BCUT2D eigenvalue weighted by Crippen LogP contribution is 2.25. The lowest BCUT2D eigenvalue weighted by atomic mass is 9.95. The zero-order chi connectivity index (χ0) is 11.3. The monoisotopic (exact) mass is 215 g/mol. The van der Waals surface area contributed by atoms with E-state index < -0.39 is 5.67 Å². The molecule has 0 spiro atoms.